The molecule has 1 atom stereocenters. The first-order valence-corrected chi connectivity index (χ1v) is 16.1. The number of aryl methyl sites for hydroxylation is 2. The molecule has 5 rings (SSSR count). The fourth-order valence-corrected chi connectivity index (χ4v) is 6.23. The summed E-state index contributed by atoms with van der Waals surface area (Å²) in [6, 6.07) is 32.9. The largest absolute Gasteiger partial charge is 0.350 e. The topological polar surface area (TPSA) is 95.6 Å². The lowest BCUT2D eigenvalue weighted by molar-refractivity contribution is -0.141. The number of sulfonamides is 1. The third-order valence-electron chi connectivity index (χ3n) is 7.54. The van der Waals surface area contributed by atoms with Gasteiger partial charge in [-0.15, -0.1) is 0 Å². The molecular weight excluding hydrogens is 558 g/mol. The predicted molar refractivity (Wildman–Crippen MR) is 167 cm³/mol. The van der Waals surface area contributed by atoms with Gasteiger partial charge in [0.25, 0.3) is 0 Å². The van der Waals surface area contributed by atoms with E-state index in [9.17, 15) is 18.0 Å². The molecule has 0 spiro atoms. The number of rotatable bonds is 13. The van der Waals surface area contributed by atoms with Gasteiger partial charge in [-0.2, -0.15) is 0 Å². The van der Waals surface area contributed by atoms with Crippen LogP contribution < -0.4 is 10.0 Å². The molecule has 1 unspecified atom stereocenters. The zero-order valence-electron chi connectivity index (χ0n) is 24.3. The van der Waals surface area contributed by atoms with Crippen LogP contribution in [0.4, 0.5) is 0 Å². The Morgan fingerprint density at radius 1 is 0.791 bits per heavy atom. The van der Waals surface area contributed by atoms with E-state index in [1.165, 1.54) is 0 Å². The van der Waals surface area contributed by atoms with Crippen molar-refractivity contribution in [2.45, 2.75) is 62.7 Å². The molecule has 0 radical (unpaired) electrons. The number of carbonyl (C=O) groups is 2. The highest BCUT2D eigenvalue weighted by Gasteiger charge is 2.31. The number of nitrogens with one attached hydrogen (secondary N) is 2. The summed E-state index contributed by atoms with van der Waals surface area (Å²) in [4.78, 5) is 29.6. The second-order valence-electron chi connectivity index (χ2n) is 11.1. The molecule has 0 heterocycles. The molecule has 8 heteroatoms. The summed E-state index contributed by atoms with van der Waals surface area (Å²) >= 11 is 0. The first-order valence-electron chi connectivity index (χ1n) is 14.6. The number of hydrogen-bond donors (Lipinski definition) is 2. The third kappa shape index (κ3) is 8.40. The number of nitrogens with zero attached hydrogens (tertiary/aromatic N) is 1. The van der Waals surface area contributed by atoms with Crippen LogP contribution in [0.2, 0.25) is 0 Å². The van der Waals surface area contributed by atoms with E-state index in [0.29, 0.717) is 13.0 Å². The van der Waals surface area contributed by atoms with Gasteiger partial charge < -0.3 is 10.2 Å². The van der Waals surface area contributed by atoms with E-state index in [1.807, 2.05) is 91.9 Å². The first-order chi connectivity index (χ1) is 20.8. The van der Waals surface area contributed by atoms with E-state index in [0.717, 1.165) is 40.7 Å². The van der Waals surface area contributed by atoms with Crippen LogP contribution in [0.15, 0.2) is 114 Å². The molecule has 2 amide bonds. The molecule has 1 aliphatic carbocycles. The first kappa shape index (κ1) is 30.2. The van der Waals surface area contributed by atoms with Gasteiger partial charge in [-0.1, -0.05) is 103 Å². The van der Waals surface area contributed by atoms with Crippen molar-refractivity contribution >= 4 is 21.8 Å². The molecule has 0 saturated heterocycles. The monoisotopic (exact) mass is 595 g/mol. The van der Waals surface area contributed by atoms with Crippen molar-refractivity contribution in [2.75, 3.05) is 0 Å². The third-order valence-corrected chi connectivity index (χ3v) is 9.08. The van der Waals surface area contributed by atoms with Gasteiger partial charge in [0, 0.05) is 25.6 Å². The lowest BCUT2D eigenvalue weighted by atomic mass is 10.0. The van der Waals surface area contributed by atoms with E-state index >= 15 is 0 Å². The Balaban J connectivity index is 1.35. The summed E-state index contributed by atoms with van der Waals surface area (Å²) in [5.74, 6) is -0.427. The van der Waals surface area contributed by atoms with E-state index in [2.05, 4.69) is 10.0 Å². The van der Waals surface area contributed by atoms with Crippen LogP contribution in [0.25, 0.3) is 0 Å². The van der Waals surface area contributed by atoms with Gasteiger partial charge in [0.05, 0.1) is 4.90 Å². The minimum Gasteiger partial charge on any atom is -0.350 e. The summed E-state index contributed by atoms with van der Waals surface area (Å²) < 4.78 is 27.8. The van der Waals surface area contributed by atoms with Crippen LogP contribution in [0.1, 0.15) is 53.1 Å². The summed E-state index contributed by atoms with van der Waals surface area (Å²) in [6.07, 6.45) is 2.31. The minimum atomic E-state index is -3.54. The molecule has 0 bridgehead atoms. The highest BCUT2D eigenvalue weighted by atomic mass is 32.2. The fourth-order valence-electron chi connectivity index (χ4n) is 4.92. The zero-order valence-corrected chi connectivity index (χ0v) is 25.1. The maximum absolute atomic E-state index is 13.9. The van der Waals surface area contributed by atoms with Crippen molar-refractivity contribution in [1.29, 1.82) is 0 Å². The van der Waals surface area contributed by atoms with Crippen LogP contribution in [-0.2, 0) is 39.1 Å². The smallest absolute Gasteiger partial charge is 0.247 e. The van der Waals surface area contributed by atoms with Crippen LogP contribution in [0.5, 0.6) is 0 Å². The van der Waals surface area contributed by atoms with E-state index in [4.69, 9.17) is 0 Å². The highest BCUT2D eigenvalue weighted by molar-refractivity contribution is 7.89. The van der Waals surface area contributed by atoms with Crippen molar-refractivity contribution < 1.29 is 18.0 Å². The molecule has 1 fully saturated rings. The second-order valence-corrected chi connectivity index (χ2v) is 12.8. The van der Waals surface area contributed by atoms with Crippen molar-refractivity contribution in [3.05, 3.63) is 137 Å². The molecule has 4 aromatic carbocycles. The molecule has 2 N–H and O–H groups in total. The van der Waals surface area contributed by atoms with E-state index < -0.39 is 16.1 Å². The number of hydrogen-bond acceptors (Lipinski definition) is 4. The Morgan fingerprint density at radius 2 is 1.40 bits per heavy atom. The van der Waals surface area contributed by atoms with Gasteiger partial charge >= 0.3 is 0 Å². The Labute approximate surface area is 254 Å². The lowest BCUT2D eigenvalue weighted by Gasteiger charge is -2.32. The normalized spacial score (nSPS) is 13.7. The molecule has 222 valence electrons. The molecule has 1 saturated carbocycles. The number of carbonyl (C=O) groups excluding carboxylic acids is 2. The van der Waals surface area contributed by atoms with Gasteiger partial charge in [0.1, 0.15) is 6.04 Å². The van der Waals surface area contributed by atoms with E-state index in [-0.39, 0.29) is 35.7 Å². The number of benzene rings is 4. The SMILES string of the molecule is Cc1ccc(CNC(=O)C(c2ccccc2)N(Cc2ccccc2)C(=O)CCc2ccc(S(=O)(=O)NC3CC3)cc2)cc1. The standard InChI is InChI=1S/C35H37N3O4S/c1-26-12-14-28(15-13-26)24-36-35(40)34(30-10-6-3-7-11-30)38(25-29-8-4-2-5-9-29)33(39)23-18-27-16-21-32(22-17-27)43(41,42)37-31-19-20-31/h2-17,21-22,31,34,37H,18-20,23-25H2,1H3,(H,36,40). The highest BCUT2D eigenvalue weighted by Crippen LogP contribution is 2.26. The molecule has 7 nitrogen and oxygen atoms in total. The molecule has 0 aromatic heterocycles. The van der Waals surface area contributed by atoms with Crippen LogP contribution >= 0.6 is 0 Å². The minimum absolute atomic E-state index is 0.0320. The van der Waals surface area contributed by atoms with Crippen LogP contribution in [0.3, 0.4) is 0 Å². The quantitative estimate of drug-likeness (QED) is 0.215. The fraction of sp³-hybridized carbons (Fsp3) is 0.257. The van der Waals surface area contributed by atoms with Crippen molar-refractivity contribution in [3.8, 4) is 0 Å². The molecule has 1 aliphatic rings. The van der Waals surface area contributed by atoms with Gasteiger partial charge in [0.2, 0.25) is 21.8 Å². The average Bonchev–Trinajstić information content (AvgIpc) is 3.84. The van der Waals surface area contributed by atoms with Crippen molar-refractivity contribution in [2.24, 2.45) is 0 Å². The maximum Gasteiger partial charge on any atom is 0.247 e. The van der Waals surface area contributed by atoms with Crippen LogP contribution in [-0.4, -0.2) is 31.2 Å². The molecule has 0 aliphatic heterocycles. The summed E-state index contributed by atoms with van der Waals surface area (Å²) in [6.45, 7) is 2.63. The van der Waals surface area contributed by atoms with Gasteiger partial charge in [-0.3, -0.25) is 9.59 Å². The van der Waals surface area contributed by atoms with Gasteiger partial charge in [0.15, 0.2) is 0 Å². The Kier molecular flexibility index (Phi) is 9.69. The Hall–Kier alpha value is -4.27. The predicted octanol–water partition coefficient (Wildman–Crippen LogP) is 5.45. The Morgan fingerprint density at radius 3 is 2.02 bits per heavy atom. The summed E-state index contributed by atoms with van der Waals surface area (Å²) in [5.41, 5.74) is 4.61. The van der Waals surface area contributed by atoms with Crippen molar-refractivity contribution in [3.63, 3.8) is 0 Å². The maximum atomic E-state index is 13.9. The Bertz CT molecular complexity index is 1620. The van der Waals surface area contributed by atoms with Gasteiger partial charge in [-0.05, 0) is 60.6 Å². The van der Waals surface area contributed by atoms with Crippen LogP contribution in [0, 0.1) is 6.92 Å². The second kappa shape index (κ2) is 13.8. The van der Waals surface area contributed by atoms with E-state index in [1.54, 1.807) is 29.2 Å². The summed E-state index contributed by atoms with van der Waals surface area (Å²) in [5, 5.41) is 3.05. The average molecular weight is 596 g/mol. The zero-order chi connectivity index (χ0) is 30.2. The van der Waals surface area contributed by atoms with Crippen molar-refractivity contribution in [1.82, 2.24) is 14.9 Å². The molecule has 43 heavy (non-hydrogen) atoms. The van der Waals surface area contributed by atoms with Gasteiger partial charge in [-0.25, -0.2) is 13.1 Å². The number of amides is 2. The molecule has 4 aromatic rings. The lowest BCUT2D eigenvalue weighted by Crippen LogP contribution is -2.43. The molecular formula is C35H37N3O4S. The summed E-state index contributed by atoms with van der Waals surface area (Å²) in [7, 11) is -3.54.